The molecule has 1 amide bonds. The van der Waals surface area contributed by atoms with Crippen molar-refractivity contribution >= 4 is 22.6 Å². The van der Waals surface area contributed by atoms with Crippen LogP contribution in [0.1, 0.15) is 32.0 Å². The van der Waals surface area contributed by atoms with Crippen LogP contribution in [0.4, 0.5) is 4.79 Å². The second-order valence-electron chi connectivity index (χ2n) is 7.72. The van der Waals surface area contributed by atoms with Gasteiger partial charge < -0.3 is 19.4 Å². The predicted octanol–water partition coefficient (Wildman–Crippen LogP) is 4.24. The number of fused-ring (bicyclic) bond motifs is 2. The standard InChI is InChI=1S/C23H25N3O3/c1-5-26-20-9-7-15(28-4)11-17(20)19(12-24)22(26)14-6-8-16-18(10-14)21(16)25-23(27)29-13(2)3/h6-11,13,16,18,21H,5H2,1-4H3,(H,25,27). The van der Waals surface area contributed by atoms with Crippen LogP contribution in [0.15, 0.2) is 36.4 Å². The van der Waals surface area contributed by atoms with Crippen molar-refractivity contribution in [3.05, 3.63) is 47.7 Å². The number of amides is 1. The summed E-state index contributed by atoms with van der Waals surface area (Å²) in [6.45, 7) is 6.49. The first-order valence-corrected chi connectivity index (χ1v) is 9.96. The summed E-state index contributed by atoms with van der Waals surface area (Å²) in [6, 6.07) is 8.28. The van der Waals surface area contributed by atoms with Crippen molar-refractivity contribution in [1.29, 1.82) is 5.26 Å². The topological polar surface area (TPSA) is 76.3 Å². The normalized spacial score (nSPS) is 22.1. The Balaban J connectivity index is 1.69. The van der Waals surface area contributed by atoms with E-state index < -0.39 is 0 Å². The summed E-state index contributed by atoms with van der Waals surface area (Å²) < 4.78 is 12.7. The van der Waals surface area contributed by atoms with E-state index in [2.05, 4.69) is 41.1 Å². The van der Waals surface area contributed by atoms with Gasteiger partial charge >= 0.3 is 6.09 Å². The number of carbonyl (C=O) groups excluding carboxylic acids is 1. The van der Waals surface area contributed by atoms with E-state index in [-0.39, 0.29) is 30.1 Å². The number of rotatable bonds is 5. The molecule has 6 heteroatoms. The molecule has 1 heterocycles. The van der Waals surface area contributed by atoms with Gasteiger partial charge in [-0.2, -0.15) is 5.26 Å². The zero-order valence-electron chi connectivity index (χ0n) is 17.1. The molecule has 3 atom stereocenters. The Kier molecular flexibility index (Phi) is 4.83. The van der Waals surface area contributed by atoms with Crippen molar-refractivity contribution < 1.29 is 14.3 Å². The molecule has 0 radical (unpaired) electrons. The minimum atomic E-state index is -0.379. The number of allylic oxidation sites excluding steroid dienone is 2. The van der Waals surface area contributed by atoms with Gasteiger partial charge in [0, 0.05) is 29.8 Å². The Morgan fingerprint density at radius 1 is 1.34 bits per heavy atom. The van der Waals surface area contributed by atoms with E-state index in [9.17, 15) is 10.1 Å². The monoisotopic (exact) mass is 391 g/mol. The van der Waals surface area contributed by atoms with Crippen LogP contribution in [-0.4, -0.2) is 29.9 Å². The van der Waals surface area contributed by atoms with Crippen LogP contribution < -0.4 is 10.1 Å². The fourth-order valence-electron chi connectivity index (χ4n) is 4.24. The molecule has 0 aliphatic heterocycles. The number of nitriles is 1. The molecular formula is C23H25N3O3. The first kappa shape index (κ1) is 19.1. The van der Waals surface area contributed by atoms with Crippen molar-refractivity contribution in [2.75, 3.05) is 7.11 Å². The Morgan fingerprint density at radius 3 is 2.79 bits per heavy atom. The highest BCUT2D eigenvalue weighted by Crippen LogP contribution is 2.47. The number of methoxy groups -OCH3 is 1. The highest BCUT2D eigenvalue weighted by Gasteiger charge is 2.50. The maximum atomic E-state index is 11.9. The Morgan fingerprint density at radius 2 is 2.14 bits per heavy atom. The summed E-state index contributed by atoms with van der Waals surface area (Å²) in [5.41, 5.74) is 3.60. The zero-order valence-corrected chi connectivity index (χ0v) is 17.1. The molecule has 1 aromatic carbocycles. The number of hydrogen-bond acceptors (Lipinski definition) is 4. The summed E-state index contributed by atoms with van der Waals surface area (Å²) in [4.78, 5) is 11.9. The molecule has 0 spiro atoms. The lowest BCUT2D eigenvalue weighted by atomic mass is 10.0. The number of ether oxygens (including phenoxy) is 2. The molecule has 150 valence electrons. The van der Waals surface area contributed by atoms with Crippen LogP contribution in [0.25, 0.3) is 16.5 Å². The lowest BCUT2D eigenvalue weighted by molar-refractivity contribution is 0.114. The number of hydrogen-bond donors (Lipinski definition) is 1. The van der Waals surface area contributed by atoms with Crippen LogP contribution in [0.3, 0.4) is 0 Å². The molecule has 4 rings (SSSR count). The smallest absolute Gasteiger partial charge is 0.407 e. The van der Waals surface area contributed by atoms with E-state index in [0.29, 0.717) is 5.56 Å². The second-order valence-corrected chi connectivity index (χ2v) is 7.72. The molecule has 0 bridgehead atoms. The molecule has 2 aliphatic rings. The third-order valence-electron chi connectivity index (χ3n) is 5.60. The first-order chi connectivity index (χ1) is 14.0. The van der Waals surface area contributed by atoms with Gasteiger partial charge in [0.25, 0.3) is 0 Å². The molecule has 29 heavy (non-hydrogen) atoms. The first-order valence-electron chi connectivity index (χ1n) is 9.96. The summed E-state index contributed by atoms with van der Waals surface area (Å²) in [7, 11) is 1.63. The highest BCUT2D eigenvalue weighted by molar-refractivity contribution is 5.95. The summed E-state index contributed by atoms with van der Waals surface area (Å²) in [5.74, 6) is 1.24. The summed E-state index contributed by atoms with van der Waals surface area (Å²) in [5, 5.41) is 13.8. The number of carbonyl (C=O) groups is 1. The molecule has 2 aromatic rings. The number of nitrogens with zero attached hydrogens (tertiary/aromatic N) is 2. The second kappa shape index (κ2) is 7.32. The number of alkyl carbamates (subject to hydrolysis) is 1. The lowest BCUT2D eigenvalue weighted by Crippen LogP contribution is -2.30. The van der Waals surface area contributed by atoms with Crippen LogP contribution in [0.5, 0.6) is 5.75 Å². The van der Waals surface area contributed by atoms with E-state index in [1.807, 2.05) is 32.0 Å². The lowest BCUT2D eigenvalue weighted by Gasteiger charge is -2.11. The summed E-state index contributed by atoms with van der Waals surface area (Å²) >= 11 is 0. The molecule has 1 aromatic heterocycles. The van der Waals surface area contributed by atoms with Gasteiger partial charge in [0.2, 0.25) is 0 Å². The summed E-state index contributed by atoms with van der Waals surface area (Å²) in [6.07, 6.45) is 5.83. The van der Waals surface area contributed by atoms with Crippen LogP contribution in [0, 0.1) is 23.2 Å². The molecule has 0 saturated heterocycles. The van der Waals surface area contributed by atoms with E-state index in [0.717, 1.165) is 34.5 Å². The third kappa shape index (κ3) is 3.27. The highest BCUT2D eigenvalue weighted by atomic mass is 16.6. The van der Waals surface area contributed by atoms with Crippen LogP contribution >= 0.6 is 0 Å². The number of nitrogens with one attached hydrogen (secondary N) is 1. The molecule has 2 aliphatic carbocycles. The van der Waals surface area contributed by atoms with Gasteiger partial charge in [-0.25, -0.2) is 4.79 Å². The maximum Gasteiger partial charge on any atom is 0.407 e. The van der Waals surface area contributed by atoms with E-state index in [4.69, 9.17) is 9.47 Å². The average molecular weight is 391 g/mol. The molecular weight excluding hydrogens is 366 g/mol. The molecule has 1 N–H and O–H groups in total. The van der Waals surface area contributed by atoms with Crippen molar-refractivity contribution in [2.24, 2.45) is 11.8 Å². The Hall–Kier alpha value is -3.20. The van der Waals surface area contributed by atoms with Crippen molar-refractivity contribution in [2.45, 2.75) is 39.5 Å². The molecule has 1 saturated carbocycles. The average Bonchev–Trinajstić information content (AvgIpc) is 3.27. The molecule has 3 unspecified atom stereocenters. The fourth-order valence-corrected chi connectivity index (χ4v) is 4.24. The van der Waals surface area contributed by atoms with Gasteiger partial charge in [-0.3, -0.25) is 0 Å². The van der Waals surface area contributed by atoms with Gasteiger partial charge in [-0.1, -0.05) is 18.2 Å². The third-order valence-corrected chi connectivity index (χ3v) is 5.60. The van der Waals surface area contributed by atoms with Gasteiger partial charge in [0.05, 0.1) is 30.0 Å². The van der Waals surface area contributed by atoms with Crippen LogP contribution in [0.2, 0.25) is 0 Å². The van der Waals surface area contributed by atoms with Gasteiger partial charge in [0.1, 0.15) is 11.8 Å². The zero-order chi connectivity index (χ0) is 20.7. The van der Waals surface area contributed by atoms with Crippen molar-refractivity contribution in [1.82, 2.24) is 9.88 Å². The fraction of sp³-hybridized carbons (Fsp3) is 0.391. The minimum Gasteiger partial charge on any atom is -0.497 e. The number of benzene rings is 1. The Bertz CT molecular complexity index is 1070. The van der Waals surface area contributed by atoms with E-state index in [1.165, 1.54) is 0 Å². The maximum absolute atomic E-state index is 11.9. The molecule has 6 nitrogen and oxygen atoms in total. The Labute approximate surface area is 170 Å². The van der Waals surface area contributed by atoms with Gasteiger partial charge in [-0.05, 0) is 44.5 Å². The van der Waals surface area contributed by atoms with E-state index in [1.54, 1.807) is 7.11 Å². The van der Waals surface area contributed by atoms with Crippen LogP contribution in [-0.2, 0) is 11.3 Å². The quantitative estimate of drug-likeness (QED) is 0.827. The van der Waals surface area contributed by atoms with Gasteiger partial charge in [0.15, 0.2) is 0 Å². The van der Waals surface area contributed by atoms with Crippen molar-refractivity contribution in [3.63, 3.8) is 0 Å². The predicted molar refractivity (Wildman–Crippen MR) is 112 cm³/mol. The largest absolute Gasteiger partial charge is 0.497 e. The number of aryl methyl sites for hydroxylation is 1. The van der Waals surface area contributed by atoms with Crippen molar-refractivity contribution in [3.8, 4) is 11.8 Å². The SMILES string of the molecule is CCn1c(C2=CC3C(C=C2)C3NC(=O)OC(C)C)c(C#N)c2cc(OC)ccc21. The minimum absolute atomic E-state index is 0.0417. The molecule has 1 fully saturated rings. The van der Waals surface area contributed by atoms with Gasteiger partial charge in [-0.15, -0.1) is 0 Å². The van der Waals surface area contributed by atoms with E-state index >= 15 is 0 Å². The number of aromatic nitrogens is 1.